The van der Waals surface area contributed by atoms with Gasteiger partial charge in [0, 0.05) is 0 Å². The molecule has 0 saturated heterocycles. The highest BCUT2D eigenvalue weighted by Crippen LogP contribution is 2.07. The van der Waals surface area contributed by atoms with Gasteiger partial charge in [-0.3, -0.25) is 9.63 Å². The SMILES string of the molecule is CCCC(C)(N)C(=O)NOCC. The third-order valence-corrected chi connectivity index (χ3v) is 1.60. The summed E-state index contributed by atoms with van der Waals surface area (Å²) in [6.45, 7) is 5.94. The first kappa shape index (κ1) is 11.4. The lowest BCUT2D eigenvalue weighted by molar-refractivity contribution is -0.138. The van der Waals surface area contributed by atoms with Gasteiger partial charge in [-0.2, -0.15) is 0 Å². The van der Waals surface area contributed by atoms with Gasteiger partial charge in [-0.1, -0.05) is 13.3 Å². The van der Waals surface area contributed by atoms with Crippen molar-refractivity contribution in [1.82, 2.24) is 5.48 Å². The zero-order valence-corrected chi connectivity index (χ0v) is 8.02. The van der Waals surface area contributed by atoms with Gasteiger partial charge in [0.2, 0.25) is 0 Å². The Hall–Kier alpha value is -0.610. The van der Waals surface area contributed by atoms with Crippen LogP contribution in [0.2, 0.25) is 0 Å². The molecule has 1 atom stereocenters. The minimum atomic E-state index is -0.816. The summed E-state index contributed by atoms with van der Waals surface area (Å²) in [6, 6.07) is 0. The van der Waals surface area contributed by atoms with Crippen molar-refractivity contribution >= 4 is 5.91 Å². The Morgan fingerprint density at radius 2 is 2.17 bits per heavy atom. The predicted molar refractivity (Wildman–Crippen MR) is 47.3 cm³/mol. The Bertz CT molecular complexity index is 146. The van der Waals surface area contributed by atoms with E-state index in [0.29, 0.717) is 13.0 Å². The normalized spacial score (nSPS) is 15.3. The molecule has 0 aliphatic rings. The zero-order chi connectivity index (χ0) is 9.61. The van der Waals surface area contributed by atoms with Crippen LogP contribution in [0, 0.1) is 0 Å². The second kappa shape index (κ2) is 5.11. The van der Waals surface area contributed by atoms with Crippen LogP contribution in [0.25, 0.3) is 0 Å². The van der Waals surface area contributed by atoms with Crippen molar-refractivity contribution in [3.8, 4) is 0 Å². The Morgan fingerprint density at radius 3 is 2.58 bits per heavy atom. The first-order valence-corrected chi connectivity index (χ1v) is 4.25. The quantitative estimate of drug-likeness (QED) is 0.599. The van der Waals surface area contributed by atoms with Crippen molar-refractivity contribution in [3.63, 3.8) is 0 Å². The van der Waals surface area contributed by atoms with E-state index in [9.17, 15) is 4.79 Å². The average Bonchev–Trinajstić information content (AvgIpc) is 2.00. The van der Waals surface area contributed by atoms with Crippen LogP contribution in [0.1, 0.15) is 33.6 Å². The summed E-state index contributed by atoms with van der Waals surface area (Å²) in [5, 5.41) is 0. The van der Waals surface area contributed by atoms with Gasteiger partial charge in [-0.25, -0.2) is 5.48 Å². The molecule has 1 unspecified atom stereocenters. The smallest absolute Gasteiger partial charge is 0.263 e. The lowest BCUT2D eigenvalue weighted by Gasteiger charge is -2.21. The molecule has 1 amide bonds. The summed E-state index contributed by atoms with van der Waals surface area (Å²) in [7, 11) is 0. The molecule has 12 heavy (non-hydrogen) atoms. The Morgan fingerprint density at radius 1 is 1.58 bits per heavy atom. The lowest BCUT2D eigenvalue weighted by Crippen LogP contribution is -2.51. The molecule has 0 aromatic carbocycles. The van der Waals surface area contributed by atoms with E-state index in [1.54, 1.807) is 13.8 Å². The van der Waals surface area contributed by atoms with Crippen LogP contribution in [0.3, 0.4) is 0 Å². The van der Waals surface area contributed by atoms with Gasteiger partial charge in [0.15, 0.2) is 0 Å². The fourth-order valence-corrected chi connectivity index (χ4v) is 0.887. The molecule has 0 spiro atoms. The Balaban J connectivity index is 3.88. The largest absolute Gasteiger partial charge is 0.318 e. The van der Waals surface area contributed by atoms with Crippen molar-refractivity contribution in [2.75, 3.05) is 6.61 Å². The van der Waals surface area contributed by atoms with E-state index >= 15 is 0 Å². The topological polar surface area (TPSA) is 64.4 Å². The number of nitrogens with two attached hydrogens (primary N) is 1. The summed E-state index contributed by atoms with van der Waals surface area (Å²) >= 11 is 0. The van der Waals surface area contributed by atoms with E-state index in [2.05, 4.69) is 5.48 Å². The van der Waals surface area contributed by atoms with Crippen LogP contribution in [-0.4, -0.2) is 18.1 Å². The second-order valence-corrected chi connectivity index (χ2v) is 3.03. The monoisotopic (exact) mass is 174 g/mol. The summed E-state index contributed by atoms with van der Waals surface area (Å²) in [5.74, 6) is -0.258. The Kier molecular flexibility index (Phi) is 4.85. The summed E-state index contributed by atoms with van der Waals surface area (Å²) < 4.78 is 0. The summed E-state index contributed by atoms with van der Waals surface area (Å²) in [6.07, 6.45) is 1.54. The maximum Gasteiger partial charge on any atom is 0.263 e. The molecule has 0 fully saturated rings. The molecule has 0 aliphatic carbocycles. The van der Waals surface area contributed by atoms with Crippen molar-refractivity contribution in [2.24, 2.45) is 5.73 Å². The van der Waals surface area contributed by atoms with Gasteiger partial charge in [0.05, 0.1) is 12.1 Å². The Labute approximate surface area is 73.4 Å². The number of hydrogen-bond acceptors (Lipinski definition) is 3. The van der Waals surface area contributed by atoms with Crippen molar-refractivity contribution in [2.45, 2.75) is 39.2 Å². The number of carbonyl (C=O) groups is 1. The molecular weight excluding hydrogens is 156 g/mol. The molecule has 4 nitrogen and oxygen atoms in total. The van der Waals surface area contributed by atoms with Crippen LogP contribution < -0.4 is 11.2 Å². The van der Waals surface area contributed by atoms with Crippen LogP contribution in [0.4, 0.5) is 0 Å². The highest BCUT2D eigenvalue weighted by molar-refractivity contribution is 5.84. The molecule has 0 aromatic heterocycles. The second-order valence-electron chi connectivity index (χ2n) is 3.03. The highest BCUT2D eigenvalue weighted by atomic mass is 16.6. The fraction of sp³-hybridized carbons (Fsp3) is 0.875. The summed E-state index contributed by atoms with van der Waals surface area (Å²) in [5.41, 5.74) is 7.20. The van der Waals surface area contributed by atoms with E-state index in [0.717, 1.165) is 6.42 Å². The van der Waals surface area contributed by atoms with Crippen molar-refractivity contribution in [1.29, 1.82) is 0 Å². The van der Waals surface area contributed by atoms with E-state index in [-0.39, 0.29) is 5.91 Å². The maximum absolute atomic E-state index is 11.3. The maximum atomic E-state index is 11.3. The van der Waals surface area contributed by atoms with E-state index < -0.39 is 5.54 Å². The highest BCUT2D eigenvalue weighted by Gasteiger charge is 2.26. The molecule has 72 valence electrons. The summed E-state index contributed by atoms with van der Waals surface area (Å²) in [4.78, 5) is 16.0. The number of carbonyl (C=O) groups excluding carboxylic acids is 1. The van der Waals surface area contributed by atoms with Gasteiger partial charge in [0.25, 0.3) is 5.91 Å². The van der Waals surface area contributed by atoms with Crippen molar-refractivity contribution in [3.05, 3.63) is 0 Å². The molecule has 0 radical (unpaired) electrons. The molecule has 0 aliphatic heterocycles. The van der Waals surface area contributed by atoms with Gasteiger partial charge < -0.3 is 5.73 Å². The number of amides is 1. The fourth-order valence-electron chi connectivity index (χ4n) is 0.887. The minimum absolute atomic E-state index is 0.258. The van der Waals surface area contributed by atoms with Gasteiger partial charge >= 0.3 is 0 Å². The third-order valence-electron chi connectivity index (χ3n) is 1.60. The molecule has 0 rings (SSSR count). The molecule has 0 saturated carbocycles. The third kappa shape index (κ3) is 3.69. The van der Waals surface area contributed by atoms with Gasteiger partial charge in [-0.05, 0) is 20.3 Å². The molecule has 0 heterocycles. The number of hydrogen-bond donors (Lipinski definition) is 2. The zero-order valence-electron chi connectivity index (χ0n) is 8.02. The van der Waals surface area contributed by atoms with Crippen LogP contribution in [0.5, 0.6) is 0 Å². The van der Waals surface area contributed by atoms with Crippen LogP contribution in [-0.2, 0) is 9.63 Å². The van der Waals surface area contributed by atoms with Crippen LogP contribution >= 0.6 is 0 Å². The molecular formula is C8H18N2O2. The van der Waals surface area contributed by atoms with Crippen LogP contribution in [0.15, 0.2) is 0 Å². The predicted octanol–water partition coefficient (Wildman–Crippen LogP) is 0.572. The minimum Gasteiger partial charge on any atom is -0.318 e. The van der Waals surface area contributed by atoms with Gasteiger partial charge in [-0.15, -0.1) is 0 Å². The van der Waals surface area contributed by atoms with E-state index in [4.69, 9.17) is 10.6 Å². The molecule has 3 N–H and O–H groups in total. The van der Waals surface area contributed by atoms with E-state index in [1.165, 1.54) is 0 Å². The first-order chi connectivity index (χ1) is 5.54. The average molecular weight is 174 g/mol. The number of rotatable bonds is 5. The standard InChI is InChI=1S/C8H18N2O2/c1-4-6-8(3,9)7(11)10-12-5-2/h4-6,9H2,1-3H3,(H,10,11). The molecule has 4 heteroatoms. The first-order valence-electron chi connectivity index (χ1n) is 4.25. The lowest BCUT2D eigenvalue weighted by atomic mass is 9.97. The molecule has 0 aromatic rings. The van der Waals surface area contributed by atoms with E-state index in [1.807, 2.05) is 6.92 Å². The number of hydroxylamine groups is 1. The molecule has 0 bridgehead atoms. The van der Waals surface area contributed by atoms with Crippen molar-refractivity contribution < 1.29 is 9.63 Å². The van der Waals surface area contributed by atoms with Gasteiger partial charge in [0.1, 0.15) is 0 Å². The number of nitrogens with one attached hydrogen (secondary N) is 1.